The Morgan fingerprint density at radius 2 is 1.44 bits per heavy atom. The van der Waals surface area contributed by atoms with Crippen molar-refractivity contribution in [3.63, 3.8) is 0 Å². The predicted molar refractivity (Wildman–Crippen MR) is 98.4 cm³/mol. The SMILES string of the molecule is [Cl-].[Cl-].[Zr+2][CH]1c2ccccc2-c2cc(C3C=Cc4ccccc43)c3c(c21)CC3. The quantitative estimate of drug-likeness (QED) is 0.456. The number of hydrogen-bond acceptors (Lipinski definition) is 0. The molecule has 131 valence electrons. The van der Waals surface area contributed by atoms with Crippen LogP contribution in [0.2, 0.25) is 0 Å². The molecule has 0 bridgehead atoms. The second-order valence-electron chi connectivity index (χ2n) is 7.37. The first kappa shape index (κ1) is 19.2. The molecule has 0 fully saturated rings. The molecule has 0 spiro atoms. The summed E-state index contributed by atoms with van der Waals surface area (Å²) in [5.74, 6) is 0.437. The Bertz CT molecular complexity index is 1080. The average Bonchev–Trinajstić information content (AvgIpc) is 3.15. The van der Waals surface area contributed by atoms with Crippen LogP contribution in [-0.2, 0) is 37.6 Å². The molecule has 0 heterocycles. The van der Waals surface area contributed by atoms with Crippen LogP contribution in [0.1, 0.15) is 48.5 Å². The van der Waals surface area contributed by atoms with Crippen molar-refractivity contribution in [2.45, 2.75) is 22.4 Å². The van der Waals surface area contributed by atoms with Crippen molar-refractivity contribution in [1.29, 1.82) is 0 Å². The van der Waals surface area contributed by atoms with Crippen LogP contribution in [0.25, 0.3) is 17.2 Å². The van der Waals surface area contributed by atoms with E-state index in [1.807, 2.05) is 0 Å². The van der Waals surface area contributed by atoms with Gasteiger partial charge in [0.1, 0.15) is 0 Å². The van der Waals surface area contributed by atoms with Crippen molar-refractivity contribution >= 4 is 6.08 Å². The molecule has 0 nitrogen and oxygen atoms in total. The molecule has 6 rings (SSSR count). The van der Waals surface area contributed by atoms with Gasteiger partial charge in [-0.3, -0.25) is 0 Å². The number of fused-ring (bicyclic) bond motifs is 6. The van der Waals surface area contributed by atoms with Crippen molar-refractivity contribution in [2.24, 2.45) is 0 Å². The number of rotatable bonds is 1. The molecule has 0 N–H and O–H groups in total. The third-order valence-corrected chi connectivity index (χ3v) is 7.71. The van der Waals surface area contributed by atoms with E-state index >= 15 is 0 Å². The molecule has 2 unspecified atom stereocenters. The van der Waals surface area contributed by atoms with Gasteiger partial charge in [0.15, 0.2) is 0 Å². The zero-order chi connectivity index (χ0) is 16.5. The van der Waals surface area contributed by atoms with Gasteiger partial charge in [-0.1, -0.05) is 0 Å². The molecule has 0 saturated carbocycles. The summed E-state index contributed by atoms with van der Waals surface area (Å²) in [6.45, 7) is 0. The van der Waals surface area contributed by atoms with Crippen molar-refractivity contribution in [3.05, 3.63) is 99.6 Å². The Labute approximate surface area is 187 Å². The molecule has 0 aromatic heterocycles. The summed E-state index contributed by atoms with van der Waals surface area (Å²) in [7, 11) is 0. The van der Waals surface area contributed by atoms with Crippen molar-refractivity contribution in [3.8, 4) is 11.1 Å². The van der Waals surface area contributed by atoms with Crippen molar-refractivity contribution in [1.82, 2.24) is 0 Å². The first-order valence-electron chi connectivity index (χ1n) is 9.09. The first-order valence-corrected chi connectivity index (χ1v) is 10.5. The van der Waals surface area contributed by atoms with Gasteiger partial charge in [0.05, 0.1) is 0 Å². The first-order chi connectivity index (χ1) is 12.3. The Morgan fingerprint density at radius 3 is 2.22 bits per heavy atom. The second kappa shape index (κ2) is 7.03. The van der Waals surface area contributed by atoms with Crippen LogP contribution in [0.3, 0.4) is 0 Å². The molecule has 2 atom stereocenters. The Kier molecular flexibility index (Phi) is 5.00. The molecule has 3 aliphatic carbocycles. The fourth-order valence-electron chi connectivity index (χ4n) is 4.97. The number of benzene rings is 3. The van der Waals surface area contributed by atoms with Gasteiger partial charge in [0.2, 0.25) is 0 Å². The van der Waals surface area contributed by atoms with Crippen molar-refractivity contribution < 1.29 is 49.5 Å². The third kappa shape index (κ3) is 2.59. The van der Waals surface area contributed by atoms with Crippen LogP contribution in [0.15, 0.2) is 60.7 Å². The van der Waals surface area contributed by atoms with E-state index in [0.29, 0.717) is 9.54 Å². The van der Waals surface area contributed by atoms with E-state index in [-0.39, 0.29) is 24.8 Å². The van der Waals surface area contributed by atoms with E-state index in [2.05, 4.69) is 66.7 Å². The minimum absolute atomic E-state index is 0. The molecule has 3 aromatic rings. The van der Waals surface area contributed by atoms with E-state index in [9.17, 15) is 0 Å². The molecule has 0 amide bonds. The summed E-state index contributed by atoms with van der Waals surface area (Å²) >= 11 is 1.62. The van der Waals surface area contributed by atoms with Gasteiger partial charge in [-0.05, 0) is 0 Å². The molecule has 0 radical (unpaired) electrons. The molecule has 27 heavy (non-hydrogen) atoms. The maximum atomic E-state index is 2.54. The summed E-state index contributed by atoms with van der Waals surface area (Å²) in [6.07, 6.45) is 7.23. The summed E-state index contributed by atoms with van der Waals surface area (Å²) in [5, 5.41) is 0. The maximum absolute atomic E-state index is 2.54. The molecular formula is C24H17Cl2Zr. The van der Waals surface area contributed by atoms with Gasteiger partial charge < -0.3 is 24.8 Å². The van der Waals surface area contributed by atoms with Crippen LogP contribution in [-0.4, -0.2) is 0 Å². The van der Waals surface area contributed by atoms with Crippen LogP contribution in [0.5, 0.6) is 0 Å². The predicted octanol–water partition coefficient (Wildman–Crippen LogP) is -0.431. The third-order valence-electron chi connectivity index (χ3n) is 6.24. The summed E-state index contributed by atoms with van der Waals surface area (Å²) in [4.78, 5) is 0. The zero-order valence-electron chi connectivity index (χ0n) is 14.7. The molecule has 3 heteroatoms. The average molecular weight is 468 g/mol. The summed E-state index contributed by atoms with van der Waals surface area (Å²) in [6, 6.07) is 20.5. The Balaban J connectivity index is 0.000000900. The van der Waals surface area contributed by atoms with Crippen LogP contribution < -0.4 is 24.8 Å². The van der Waals surface area contributed by atoms with Crippen molar-refractivity contribution in [2.75, 3.05) is 0 Å². The van der Waals surface area contributed by atoms with Crippen LogP contribution >= 0.6 is 0 Å². The number of hydrogen-bond donors (Lipinski definition) is 0. The Morgan fingerprint density at radius 1 is 0.741 bits per heavy atom. The van der Waals surface area contributed by atoms with Gasteiger partial charge in [0.25, 0.3) is 0 Å². The van der Waals surface area contributed by atoms with Gasteiger partial charge in [-0.2, -0.15) is 0 Å². The van der Waals surface area contributed by atoms with E-state index in [4.69, 9.17) is 0 Å². The molecule has 0 aliphatic heterocycles. The van der Waals surface area contributed by atoms with E-state index in [1.165, 1.54) is 35.1 Å². The number of halogens is 2. The topological polar surface area (TPSA) is 0 Å². The normalized spacial score (nSPS) is 19.8. The van der Waals surface area contributed by atoms with Gasteiger partial charge in [-0.15, -0.1) is 0 Å². The monoisotopic (exact) mass is 465 g/mol. The molecular weight excluding hydrogens is 450 g/mol. The van der Waals surface area contributed by atoms with Gasteiger partial charge in [0, 0.05) is 0 Å². The van der Waals surface area contributed by atoms with E-state index in [1.54, 1.807) is 52.5 Å². The molecule has 3 aliphatic rings. The Hall–Kier alpha value is -1.14. The second-order valence-corrected chi connectivity index (χ2v) is 8.79. The summed E-state index contributed by atoms with van der Waals surface area (Å²) < 4.78 is 0.632. The molecule has 3 aromatic carbocycles. The van der Waals surface area contributed by atoms with E-state index in [0.717, 1.165) is 0 Å². The van der Waals surface area contributed by atoms with Gasteiger partial charge >= 0.3 is 164 Å². The zero-order valence-corrected chi connectivity index (χ0v) is 18.6. The van der Waals surface area contributed by atoms with E-state index < -0.39 is 0 Å². The van der Waals surface area contributed by atoms with Crippen LogP contribution in [0.4, 0.5) is 0 Å². The number of allylic oxidation sites excluding steroid dienone is 1. The molecule has 0 saturated heterocycles. The minimum atomic E-state index is 0. The standard InChI is InChI=1S/C24H17.2ClH.Zr/c1-3-7-17-15(5-1)9-10-19(17)24-14-23-18-8-4-2-6-16(18)13-22(23)20-11-12-21(20)24;;;/h1-10,13-14,19H,11-12H2;2*1H;/q;;;+2/p-2. The van der Waals surface area contributed by atoms with Gasteiger partial charge in [-0.25, -0.2) is 0 Å². The summed E-state index contributed by atoms with van der Waals surface area (Å²) in [5.41, 5.74) is 13.9. The van der Waals surface area contributed by atoms with Crippen LogP contribution in [0, 0.1) is 0 Å². The fourth-order valence-corrected chi connectivity index (χ4v) is 6.40. The fraction of sp³-hybridized carbons (Fsp3) is 0.167.